The largest absolute Gasteiger partial charge is 0.495 e. The Morgan fingerprint density at radius 3 is 2.33 bits per heavy atom. The summed E-state index contributed by atoms with van der Waals surface area (Å²) in [6, 6.07) is 20.0. The summed E-state index contributed by atoms with van der Waals surface area (Å²) in [5.74, 6) is 1.98. The fraction of sp³-hybridized carbons (Fsp3) is 0.296. The molecule has 0 fully saturated rings. The topological polar surface area (TPSA) is 60.0 Å². The van der Waals surface area contributed by atoms with E-state index >= 15 is 0 Å². The van der Waals surface area contributed by atoms with Gasteiger partial charge in [-0.05, 0) is 59.9 Å². The van der Waals surface area contributed by atoms with Crippen LogP contribution in [0.25, 0.3) is 0 Å². The van der Waals surface area contributed by atoms with Crippen LogP contribution in [0.4, 0.5) is 5.69 Å². The van der Waals surface area contributed by atoms with Gasteiger partial charge in [0.25, 0.3) is 0 Å². The van der Waals surface area contributed by atoms with E-state index < -0.39 is 0 Å². The summed E-state index contributed by atoms with van der Waals surface area (Å²) in [6.07, 6.45) is 0.820. The number of hydrogen-bond acceptors (Lipinski definition) is 5. The molecule has 172 valence electrons. The van der Waals surface area contributed by atoms with Crippen LogP contribution in [0.2, 0.25) is 0 Å². The molecular formula is C27H30N2O4. The molecule has 0 bridgehead atoms. The molecule has 0 aromatic heterocycles. The van der Waals surface area contributed by atoms with Gasteiger partial charge in [-0.15, -0.1) is 0 Å². The van der Waals surface area contributed by atoms with Gasteiger partial charge in [0.1, 0.15) is 5.75 Å². The number of methoxy groups -OCH3 is 3. The zero-order valence-electron chi connectivity index (χ0n) is 19.6. The Morgan fingerprint density at radius 2 is 1.64 bits per heavy atom. The van der Waals surface area contributed by atoms with Gasteiger partial charge in [0.2, 0.25) is 5.91 Å². The fourth-order valence-corrected chi connectivity index (χ4v) is 4.49. The normalized spacial score (nSPS) is 15.5. The van der Waals surface area contributed by atoms with Gasteiger partial charge in [-0.25, -0.2) is 0 Å². The van der Waals surface area contributed by atoms with Crippen molar-refractivity contribution in [2.45, 2.75) is 19.4 Å². The average molecular weight is 447 g/mol. The van der Waals surface area contributed by atoms with E-state index in [4.69, 9.17) is 14.2 Å². The quantitative estimate of drug-likeness (QED) is 0.575. The monoisotopic (exact) mass is 446 g/mol. The summed E-state index contributed by atoms with van der Waals surface area (Å²) in [6.45, 7) is 2.99. The minimum atomic E-state index is -0.0799. The Balaban J connectivity index is 1.65. The third-order valence-electron chi connectivity index (χ3n) is 6.06. The molecule has 33 heavy (non-hydrogen) atoms. The molecule has 6 nitrogen and oxygen atoms in total. The van der Waals surface area contributed by atoms with E-state index in [0.29, 0.717) is 17.2 Å². The van der Waals surface area contributed by atoms with E-state index in [1.807, 2.05) is 49.4 Å². The van der Waals surface area contributed by atoms with Crippen molar-refractivity contribution < 1.29 is 19.0 Å². The predicted octanol–water partition coefficient (Wildman–Crippen LogP) is 4.61. The maximum atomic E-state index is 13.1. The van der Waals surface area contributed by atoms with Crippen molar-refractivity contribution in [3.8, 4) is 17.2 Å². The molecule has 0 saturated carbocycles. The van der Waals surface area contributed by atoms with Gasteiger partial charge in [0.05, 0.1) is 39.6 Å². The van der Waals surface area contributed by atoms with Crippen molar-refractivity contribution in [3.63, 3.8) is 0 Å². The Bertz CT molecular complexity index is 1130. The number of hydrogen-bond donors (Lipinski definition) is 1. The molecule has 0 spiro atoms. The Labute approximate surface area is 195 Å². The zero-order valence-corrected chi connectivity index (χ0v) is 19.6. The fourth-order valence-electron chi connectivity index (χ4n) is 4.49. The second-order valence-electron chi connectivity index (χ2n) is 8.19. The first-order valence-corrected chi connectivity index (χ1v) is 11.0. The van der Waals surface area contributed by atoms with Gasteiger partial charge in [0.15, 0.2) is 11.5 Å². The number of ether oxygens (including phenoxy) is 3. The maximum Gasteiger partial charge on any atom is 0.238 e. The highest BCUT2D eigenvalue weighted by Crippen LogP contribution is 2.41. The van der Waals surface area contributed by atoms with Crippen LogP contribution < -0.4 is 19.5 Å². The van der Waals surface area contributed by atoms with Crippen LogP contribution in [0.15, 0.2) is 60.7 Å². The molecule has 6 heteroatoms. The SMILES string of the molecule is COc1ccc(C)cc1NC(=O)CN1CCc2cc(OC)c(OC)cc2[C@@H]1c1ccccc1. The number of amides is 1. The number of rotatable bonds is 7. The van der Waals surface area contributed by atoms with Crippen LogP contribution in [0.1, 0.15) is 28.3 Å². The van der Waals surface area contributed by atoms with E-state index in [0.717, 1.165) is 35.4 Å². The molecule has 1 N–H and O–H groups in total. The van der Waals surface area contributed by atoms with Crippen LogP contribution in [0.3, 0.4) is 0 Å². The smallest absolute Gasteiger partial charge is 0.238 e. The standard InChI is InChI=1S/C27H30N2O4/c1-18-10-11-23(31-2)22(14-18)28-26(30)17-29-13-12-20-15-24(32-3)25(33-4)16-21(20)27(29)19-8-6-5-7-9-19/h5-11,14-16,27H,12-13,17H2,1-4H3,(H,28,30)/t27-/m0/s1. The Morgan fingerprint density at radius 1 is 0.939 bits per heavy atom. The lowest BCUT2D eigenvalue weighted by Gasteiger charge is -2.37. The molecular weight excluding hydrogens is 416 g/mol. The van der Waals surface area contributed by atoms with Crippen LogP contribution in [0, 0.1) is 6.92 Å². The molecule has 4 rings (SSSR count). The van der Waals surface area contributed by atoms with Crippen molar-refractivity contribution in [3.05, 3.63) is 82.9 Å². The number of aryl methyl sites for hydroxylation is 1. The molecule has 0 radical (unpaired) electrons. The molecule has 1 amide bonds. The summed E-state index contributed by atoms with van der Waals surface area (Å²) in [7, 11) is 4.90. The molecule has 1 aliphatic heterocycles. The highest BCUT2D eigenvalue weighted by Gasteiger charge is 2.31. The Hall–Kier alpha value is -3.51. The molecule has 3 aromatic rings. The van der Waals surface area contributed by atoms with E-state index in [2.05, 4.69) is 28.4 Å². The van der Waals surface area contributed by atoms with Crippen molar-refractivity contribution in [2.24, 2.45) is 0 Å². The highest BCUT2D eigenvalue weighted by molar-refractivity contribution is 5.94. The van der Waals surface area contributed by atoms with Crippen molar-refractivity contribution >= 4 is 11.6 Å². The zero-order chi connectivity index (χ0) is 23.4. The maximum absolute atomic E-state index is 13.1. The van der Waals surface area contributed by atoms with E-state index in [1.165, 1.54) is 5.56 Å². The summed E-state index contributed by atoms with van der Waals surface area (Å²) < 4.78 is 16.5. The molecule has 0 aliphatic carbocycles. The van der Waals surface area contributed by atoms with Crippen LogP contribution in [-0.2, 0) is 11.2 Å². The van der Waals surface area contributed by atoms with Crippen LogP contribution in [-0.4, -0.2) is 45.2 Å². The summed E-state index contributed by atoms with van der Waals surface area (Å²) in [4.78, 5) is 15.3. The highest BCUT2D eigenvalue weighted by atomic mass is 16.5. The first kappa shape index (κ1) is 22.7. The van der Waals surface area contributed by atoms with Crippen molar-refractivity contribution in [1.29, 1.82) is 0 Å². The lowest BCUT2D eigenvalue weighted by molar-refractivity contribution is -0.117. The Kier molecular flexibility index (Phi) is 6.84. The molecule has 1 heterocycles. The minimum absolute atomic E-state index is 0.0695. The van der Waals surface area contributed by atoms with Crippen LogP contribution >= 0.6 is 0 Å². The first-order valence-electron chi connectivity index (χ1n) is 11.0. The van der Waals surface area contributed by atoms with Gasteiger partial charge in [-0.1, -0.05) is 36.4 Å². The third kappa shape index (κ3) is 4.81. The number of benzene rings is 3. The van der Waals surface area contributed by atoms with Crippen molar-refractivity contribution in [1.82, 2.24) is 4.90 Å². The minimum Gasteiger partial charge on any atom is -0.495 e. The summed E-state index contributed by atoms with van der Waals surface area (Å²) in [5.41, 5.74) is 5.21. The van der Waals surface area contributed by atoms with E-state index in [9.17, 15) is 4.79 Å². The molecule has 0 saturated heterocycles. The molecule has 3 aromatic carbocycles. The van der Waals surface area contributed by atoms with E-state index in [-0.39, 0.29) is 18.5 Å². The molecule has 1 atom stereocenters. The number of nitrogens with one attached hydrogen (secondary N) is 1. The lowest BCUT2D eigenvalue weighted by atomic mass is 9.87. The number of carbonyl (C=O) groups is 1. The van der Waals surface area contributed by atoms with Gasteiger partial charge >= 0.3 is 0 Å². The van der Waals surface area contributed by atoms with Gasteiger partial charge in [0, 0.05) is 6.54 Å². The lowest BCUT2D eigenvalue weighted by Crippen LogP contribution is -2.41. The summed E-state index contributed by atoms with van der Waals surface area (Å²) in [5, 5.41) is 3.04. The second-order valence-corrected chi connectivity index (χ2v) is 8.19. The number of nitrogens with zero attached hydrogens (tertiary/aromatic N) is 1. The summed E-state index contributed by atoms with van der Waals surface area (Å²) >= 11 is 0. The third-order valence-corrected chi connectivity index (χ3v) is 6.06. The molecule has 0 unspecified atom stereocenters. The first-order chi connectivity index (χ1) is 16.0. The number of anilines is 1. The van der Waals surface area contributed by atoms with Crippen LogP contribution in [0.5, 0.6) is 17.2 Å². The van der Waals surface area contributed by atoms with Crippen molar-refractivity contribution in [2.75, 3.05) is 39.7 Å². The second kappa shape index (κ2) is 9.96. The van der Waals surface area contributed by atoms with E-state index in [1.54, 1.807) is 21.3 Å². The van der Waals surface area contributed by atoms with Gasteiger partial charge in [-0.3, -0.25) is 9.69 Å². The average Bonchev–Trinajstić information content (AvgIpc) is 2.83. The predicted molar refractivity (Wildman–Crippen MR) is 129 cm³/mol. The molecule has 1 aliphatic rings. The van der Waals surface area contributed by atoms with Gasteiger partial charge in [-0.2, -0.15) is 0 Å². The number of carbonyl (C=O) groups excluding carboxylic acids is 1. The number of fused-ring (bicyclic) bond motifs is 1. The van der Waals surface area contributed by atoms with Gasteiger partial charge < -0.3 is 19.5 Å².